The molecule has 1 amide bonds. The maximum atomic E-state index is 12.5. The highest BCUT2D eigenvalue weighted by atomic mass is 16.5. The Morgan fingerprint density at radius 3 is 2.88 bits per heavy atom. The quantitative estimate of drug-likeness (QED) is 0.610. The number of anilines is 1. The van der Waals surface area contributed by atoms with Crippen molar-refractivity contribution >= 4 is 17.6 Å². The van der Waals surface area contributed by atoms with Gasteiger partial charge >= 0.3 is 0 Å². The van der Waals surface area contributed by atoms with E-state index in [1.165, 1.54) is 0 Å². The molecule has 1 N–H and O–H groups in total. The normalized spacial score (nSPS) is 15.8. The third kappa shape index (κ3) is 3.95. The van der Waals surface area contributed by atoms with Crippen LogP contribution in [-0.2, 0) is 18.4 Å². The first kappa shape index (κ1) is 16.9. The van der Waals surface area contributed by atoms with Gasteiger partial charge in [-0.3, -0.25) is 9.48 Å². The lowest BCUT2D eigenvalue weighted by Crippen LogP contribution is -2.55. The van der Waals surface area contributed by atoms with Crippen molar-refractivity contribution in [2.45, 2.75) is 20.4 Å². The van der Waals surface area contributed by atoms with Gasteiger partial charge in [0.15, 0.2) is 11.8 Å². The number of carbonyl (C=O) groups excluding carboxylic acids is 1. The van der Waals surface area contributed by atoms with Gasteiger partial charge < -0.3 is 19.6 Å². The van der Waals surface area contributed by atoms with Crippen molar-refractivity contribution in [3.05, 3.63) is 24.1 Å². The zero-order valence-electron chi connectivity index (χ0n) is 14.6. The second-order valence-corrected chi connectivity index (χ2v) is 5.74. The van der Waals surface area contributed by atoms with E-state index in [9.17, 15) is 4.79 Å². The molecular formula is C15H22N8O2. The molecule has 1 fully saturated rings. The minimum Gasteiger partial charge on any atom is -0.356 e. The lowest BCUT2D eigenvalue weighted by Gasteiger charge is -2.35. The summed E-state index contributed by atoms with van der Waals surface area (Å²) in [6, 6.07) is 0. The molecule has 0 aromatic carbocycles. The Hall–Kier alpha value is -2.91. The van der Waals surface area contributed by atoms with Gasteiger partial charge in [-0.25, -0.2) is 4.99 Å². The van der Waals surface area contributed by atoms with Crippen LogP contribution in [0.4, 0.5) is 5.69 Å². The Kier molecular flexibility index (Phi) is 4.96. The first-order chi connectivity index (χ1) is 12.1. The molecule has 10 nitrogen and oxygen atoms in total. The Morgan fingerprint density at radius 2 is 2.28 bits per heavy atom. The van der Waals surface area contributed by atoms with Crippen LogP contribution in [-0.4, -0.2) is 62.9 Å². The standard InChI is InChI=1S/C15H22N8O2/c1-4-16-15(17-8-13-19-11(2)20-25-13)22-5-6-23(14(24)10-22)12-7-18-21(3)9-12/h7,9H,4-6,8,10H2,1-3H3,(H,16,17). The summed E-state index contributed by atoms with van der Waals surface area (Å²) < 4.78 is 6.77. The average molecular weight is 346 g/mol. The molecule has 3 rings (SSSR count). The lowest BCUT2D eigenvalue weighted by atomic mass is 10.3. The number of amides is 1. The zero-order chi connectivity index (χ0) is 17.8. The number of hydrogen-bond acceptors (Lipinski definition) is 6. The zero-order valence-corrected chi connectivity index (χ0v) is 14.6. The second kappa shape index (κ2) is 7.32. The Labute approximate surface area is 145 Å². The number of piperazine rings is 1. The van der Waals surface area contributed by atoms with Gasteiger partial charge in [0.25, 0.3) is 0 Å². The van der Waals surface area contributed by atoms with Crippen LogP contribution in [0.3, 0.4) is 0 Å². The summed E-state index contributed by atoms with van der Waals surface area (Å²) in [6.07, 6.45) is 3.54. The van der Waals surface area contributed by atoms with Gasteiger partial charge in [-0.1, -0.05) is 5.16 Å². The maximum Gasteiger partial charge on any atom is 0.248 e. The average Bonchev–Trinajstić information content (AvgIpc) is 3.19. The summed E-state index contributed by atoms with van der Waals surface area (Å²) in [5, 5.41) is 11.1. The van der Waals surface area contributed by atoms with Gasteiger partial charge in [-0.05, 0) is 13.8 Å². The molecule has 0 spiro atoms. The summed E-state index contributed by atoms with van der Waals surface area (Å²) in [4.78, 5) is 24.8. The first-order valence-corrected chi connectivity index (χ1v) is 8.18. The molecule has 1 saturated heterocycles. The van der Waals surface area contributed by atoms with Crippen LogP contribution >= 0.6 is 0 Å². The Bertz CT molecular complexity index is 765. The molecule has 0 bridgehead atoms. The van der Waals surface area contributed by atoms with Crippen LogP contribution in [0.25, 0.3) is 0 Å². The monoisotopic (exact) mass is 346 g/mol. The summed E-state index contributed by atoms with van der Waals surface area (Å²) in [5.74, 6) is 1.71. The van der Waals surface area contributed by atoms with Gasteiger partial charge in [0.1, 0.15) is 13.1 Å². The molecule has 2 aromatic heterocycles. The van der Waals surface area contributed by atoms with E-state index in [2.05, 4.69) is 25.5 Å². The number of aryl methyl sites for hydroxylation is 2. The number of guanidine groups is 1. The molecule has 0 atom stereocenters. The molecule has 1 aliphatic rings. The van der Waals surface area contributed by atoms with Gasteiger partial charge in [-0.15, -0.1) is 0 Å². The molecular weight excluding hydrogens is 324 g/mol. The highest BCUT2D eigenvalue weighted by Gasteiger charge is 2.27. The highest BCUT2D eigenvalue weighted by Crippen LogP contribution is 2.16. The van der Waals surface area contributed by atoms with E-state index in [0.717, 1.165) is 5.69 Å². The van der Waals surface area contributed by atoms with Gasteiger partial charge in [0.05, 0.1) is 11.9 Å². The topological polar surface area (TPSA) is 105 Å². The fourth-order valence-electron chi connectivity index (χ4n) is 2.65. The van der Waals surface area contributed by atoms with E-state index in [1.54, 1.807) is 22.7 Å². The predicted octanol–water partition coefficient (Wildman–Crippen LogP) is -0.0742. The van der Waals surface area contributed by atoms with Crippen molar-refractivity contribution in [1.82, 2.24) is 30.1 Å². The van der Waals surface area contributed by atoms with E-state index in [1.807, 2.05) is 25.1 Å². The van der Waals surface area contributed by atoms with Crippen molar-refractivity contribution in [2.24, 2.45) is 12.0 Å². The predicted molar refractivity (Wildman–Crippen MR) is 91.0 cm³/mol. The smallest absolute Gasteiger partial charge is 0.248 e. The Morgan fingerprint density at radius 1 is 1.44 bits per heavy atom. The molecule has 134 valence electrons. The fourth-order valence-corrected chi connectivity index (χ4v) is 2.65. The van der Waals surface area contributed by atoms with E-state index in [0.29, 0.717) is 37.3 Å². The van der Waals surface area contributed by atoms with E-state index in [4.69, 9.17) is 4.52 Å². The first-order valence-electron chi connectivity index (χ1n) is 8.18. The molecule has 1 aliphatic heterocycles. The molecule has 0 unspecified atom stereocenters. The third-order valence-electron chi connectivity index (χ3n) is 3.79. The van der Waals surface area contributed by atoms with Gasteiger partial charge in [-0.2, -0.15) is 10.1 Å². The summed E-state index contributed by atoms with van der Waals surface area (Å²) in [6.45, 7) is 6.24. The molecule has 25 heavy (non-hydrogen) atoms. The van der Waals surface area contributed by atoms with Crippen molar-refractivity contribution in [3.8, 4) is 0 Å². The lowest BCUT2D eigenvalue weighted by molar-refractivity contribution is -0.120. The highest BCUT2D eigenvalue weighted by molar-refractivity contribution is 5.98. The van der Waals surface area contributed by atoms with Crippen LogP contribution in [0.2, 0.25) is 0 Å². The number of carbonyl (C=O) groups is 1. The molecule has 2 aromatic rings. The number of nitrogens with zero attached hydrogens (tertiary/aromatic N) is 7. The van der Waals surface area contributed by atoms with Crippen LogP contribution in [0, 0.1) is 6.92 Å². The molecule has 10 heteroatoms. The number of hydrogen-bond donors (Lipinski definition) is 1. The van der Waals surface area contributed by atoms with E-state index < -0.39 is 0 Å². The molecule has 3 heterocycles. The number of aliphatic imine (C=N–C) groups is 1. The van der Waals surface area contributed by atoms with Gasteiger partial charge in [0, 0.05) is 32.9 Å². The van der Waals surface area contributed by atoms with Gasteiger partial charge in [0.2, 0.25) is 11.8 Å². The van der Waals surface area contributed by atoms with E-state index in [-0.39, 0.29) is 19.0 Å². The molecule has 0 radical (unpaired) electrons. The van der Waals surface area contributed by atoms with Crippen molar-refractivity contribution in [1.29, 1.82) is 0 Å². The summed E-state index contributed by atoms with van der Waals surface area (Å²) in [7, 11) is 1.83. The second-order valence-electron chi connectivity index (χ2n) is 5.74. The minimum atomic E-state index is 0.0125. The van der Waals surface area contributed by atoms with E-state index >= 15 is 0 Å². The van der Waals surface area contributed by atoms with Crippen molar-refractivity contribution in [3.63, 3.8) is 0 Å². The molecule has 0 saturated carbocycles. The summed E-state index contributed by atoms with van der Waals surface area (Å²) in [5.41, 5.74) is 0.815. The van der Waals surface area contributed by atoms with Crippen LogP contribution in [0.15, 0.2) is 21.9 Å². The number of aromatic nitrogens is 4. The van der Waals surface area contributed by atoms with Crippen LogP contribution < -0.4 is 10.2 Å². The van der Waals surface area contributed by atoms with Crippen molar-refractivity contribution in [2.75, 3.05) is 31.1 Å². The SMILES string of the molecule is CCNC(=NCc1nc(C)no1)N1CCN(c2cnn(C)c2)C(=O)C1. The summed E-state index contributed by atoms with van der Waals surface area (Å²) >= 11 is 0. The third-order valence-corrected chi connectivity index (χ3v) is 3.79. The molecule has 0 aliphatic carbocycles. The Balaban J connectivity index is 1.67. The minimum absolute atomic E-state index is 0.0125. The number of nitrogens with one attached hydrogen (secondary N) is 1. The van der Waals surface area contributed by atoms with Crippen LogP contribution in [0.1, 0.15) is 18.6 Å². The fraction of sp³-hybridized carbons (Fsp3) is 0.533. The van der Waals surface area contributed by atoms with Crippen LogP contribution in [0.5, 0.6) is 0 Å². The van der Waals surface area contributed by atoms with Crippen molar-refractivity contribution < 1.29 is 9.32 Å². The number of rotatable bonds is 4. The maximum absolute atomic E-state index is 12.5. The largest absolute Gasteiger partial charge is 0.356 e.